The molecule has 0 aromatic heterocycles. The van der Waals surface area contributed by atoms with Gasteiger partial charge in [-0.1, -0.05) is 11.6 Å². The average molecular weight is 308 g/mol. The lowest BCUT2D eigenvalue weighted by Crippen LogP contribution is -2.29. The summed E-state index contributed by atoms with van der Waals surface area (Å²) in [4.78, 5) is 24.9. The van der Waals surface area contributed by atoms with E-state index < -0.39 is 23.3 Å². The highest BCUT2D eigenvalue weighted by molar-refractivity contribution is 6.52. The number of Topliss-reactive ketones (excluding diaryl/α,β-unsaturated/α-hetero) is 1. The second-order valence-electron chi connectivity index (χ2n) is 4.62. The van der Waals surface area contributed by atoms with Gasteiger partial charge in [0.05, 0.1) is 17.8 Å². The number of hydrogen-bond acceptors (Lipinski definition) is 2. The van der Waals surface area contributed by atoms with Crippen LogP contribution in [0.3, 0.4) is 0 Å². The molecule has 1 aliphatic rings. The van der Waals surface area contributed by atoms with E-state index in [2.05, 4.69) is 0 Å². The SMILES string of the molecule is O=C1C(=O)N(Cc2cc(F)ccc2Cl)c2cc(F)ccc21. The van der Waals surface area contributed by atoms with E-state index in [-0.39, 0.29) is 22.8 Å². The third kappa shape index (κ3) is 2.29. The van der Waals surface area contributed by atoms with Gasteiger partial charge in [-0.25, -0.2) is 8.78 Å². The Morgan fingerprint density at radius 3 is 2.43 bits per heavy atom. The third-order valence-electron chi connectivity index (χ3n) is 3.27. The minimum Gasteiger partial charge on any atom is -0.300 e. The van der Waals surface area contributed by atoms with Gasteiger partial charge < -0.3 is 4.90 Å². The van der Waals surface area contributed by atoms with Crippen molar-refractivity contribution in [2.24, 2.45) is 0 Å². The van der Waals surface area contributed by atoms with Crippen molar-refractivity contribution < 1.29 is 18.4 Å². The minimum atomic E-state index is -0.782. The standard InChI is InChI=1S/C15H8ClF2NO2/c16-12-4-2-9(17)5-8(12)7-19-13-6-10(18)1-3-11(13)14(20)15(19)21/h1-6H,7H2. The molecular weight excluding hydrogens is 300 g/mol. The predicted octanol–water partition coefficient (Wildman–Crippen LogP) is 3.35. The first kappa shape index (κ1) is 13.7. The molecule has 106 valence electrons. The molecule has 0 spiro atoms. The summed E-state index contributed by atoms with van der Waals surface area (Å²) < 4.78 is 26.6. The summed E-state index contributed by atoms with van der Waals surface area (Å²) in [5.41, 5.74) is 0.647. The number of ketones is 1. The van der Waals surface area contributed by atoms with E-state index in [1.807, 2.05) is 0 Å². The van der Waals surface area contributed by atoms with Gasteiger partial charge in [0.25, 0.3) is 11.7 Å². The fourth-order valence-electron chi connectivity index (χ4n) is 2.26. The number of benzene rings is 2. The Morgan fingerprint density at radius 2 is 1.67 bits per heavy atom. The van der Waals surface area contributed by atoms with Crippen LogP contribution in [0.2, 0.25) is 5.02 Å². The van der Waals surface area contributed by atoms with Crippen LogP contribution in [-0.4, -0.2) is 11.7 Å². The Morgan fingerprint density at radius 1 is 1.00 bits per heavy atom. The molecule has 0 aliphatic carbocycles. The Labute approximate surface area is 123 Å². The molecule has 0 atom stereocenters. The topological polar surface area (TPSA) is 37.4 Å². The van der Waals surface area contributed by atoms with Gasteiger partial charge in [-0.05, 0) is 42.0 Å². The van der Waals surface area contributed by atoms with Crippen LogP contribution in [0.1, 0.15) is 15.9 Å². The minimum absolute atomic E-state index is 0.0996. The molecule has 0 radical (unpaired) electrons. The monoisotopic (exact) mass is 307 g/mol. The van der Waals surface area contributed by atoms with Crippen molar-refractivity contribution in [3.05, 3.63) is 64.2 Å². The number of halogens is 3. The fourth-order valence-corrected chi connectivity index (χ4v) is 2.44. The first-order valence-electron chi connectivity index (χ1n) is 6.07. The molecule has 6 heteroatoms. The number of rotatable bonds is 2. The van der Waals surface area contributed by atoms with Gasteiger partial charge in [0.1, 0.15) is 11.6 Å². The maximum atomic E-state index is 13.3. The Balaban J connectivity index is 2.04. The quantitative estimate of drug-likeness (QED) is 0.798. The van der Waals surface area contributed by atoms with E-state index in [9.17, 15) is 18.4 Å². The molecule has 2 aromatic rings. The van der Waals surface area contributed by atoms with Gasteiger partial charge in [-0.3, -0.25) is 9.59 Å². The average Bonchev–Trinajstić information content (AvgIpc) is 2.67. The highest BCUT2D eigenvalue weighted by Gasteiger charge is 2.36. The molecule has 0 fully saturated rings. The zero-order valence-electron chi connectivity index (χ0n) is 10.6. The number of fused-ring (bicyclic) bond motifs is 1. The predicted molar refractivity (Wildman–Crippen MR) is 73.3 cm³/mol. The van der Waals surface area contributed by atoms with Gasteiger partial charge >= 0.3 is 0 Å². The van der Waals surface area contributed by atoms with Crippen LogP contribution in [0.25, 0.3) is 0 Å². The highest BCUT2D eigenvalue weighted by Crippen LogP contribution is 2.32. The summed E-state index contributed by atoms with van der Waals surface area (Å²) in [7, 11) is 0. The smallest absolute Gasteiger partial charge is 0.299 e. The molecule has 0 bridgehead atoms. The van der Waals surface area contributed by atoms with Crippen LogP contribution in [0.15, 0.2) is 36.4 Å². The number of carbonyl (C=O) groups excluding carboxylic acids is 2. The molecule has 2 aromatic carbocycles. The lowest BCUT2D eigenvalue weighted by molar-refractivity contribution is -0.114. The molecule has 1 heterocycles. The summed E-state index contributed by atoms with van der Waals surface area (Å²) in [6.07, 6.45) is 0. The second-order valence-corrected chi connectivity index (χ2v) is 5.02. The van der Waals surface area contributed by atoms with Crippen molar-refractivity contribution in [1.29, 1.82) is 0 Å². The maximum Gasteiger partial charge on any atom is 0.299 e. The first-order chi connectivity index (χ1) is 9.97. The summed E-state index contributed by atoms with van der Waals surface area (Å²) in [5, 5.41) is 0.265. The third-order valence-corrected chi connectivity index (χ3v) is 3.64. The number of carbonyl (C=O) groups is 2. The van der Waals surface area contributed by atoms with Crippen molar-refractivity contribution >= 4 is 29.0 Å². The van der Waals surface area contributed by atoms with Crippen LogP contribution in [-0.2, 0) is 11.3 Å². The first-order valence-corrected chi connectivity index (χ1v) is 6.45. The molecule has 1 amide bonds. The van der Waals surface area contributed by atoms with E-state index in [1.165, 1.54) is 24.3 Å². The molecule has 0 saturated carbocycles. The number of anilines is 1. The van der Waals surface area contributed by atoms with Crippen LogP contribution in [0.5, 0.6) is 0 Å². The second kappa shape index (κ2) is 4.93. The summed E-state index contributed by atoms with van der Waals surface area (Å²) >= 11 is 5.95. The summed E-state index contributed by atoms with van der Waals surface area (Å²) in [6.45, 7) is -0.0996. The van der Waals surface area contributed by atoms with Gasteiger partial charge in [0.2, 0.25) is 0 Å². The molecule has 0 saturated heterocycles. The van der Waals surface area contributed by atoms with E-state index in [4.69, 9.17) is 11.6 Å². The van der Waals surface area contributed by atoms with Crippen LogP contribution in [0.4, 0.5) is 14.5 Å². The largest absolute Gasteiger partial charge is 0.300 e. The molecule has 3 rings (SSSR count). The van der Waals surface area contributed by atoms with Crippen molar-refractivity contribution in [2.75, 3.05) is 4.90 Å². The number of nitrogens with zero attached hydrogens (tertiary/aromatic N) is 1. The van der Waals surface area contributed by atoms with Gasteiger partial charge in [0.15, 0.2) is 0 Å². The molecule has 1 aliphatic heterocycles. The van der Waals surface area contributed by atoms with Crippen molar-refractivity contribution in [3.63, 3.8) is 0 Å². The molecular formula is C15H8ClF2NO2. The van der Waals surface area contributed by atoms with Gasteiger partial charge in [-0.15, -0.1) is 0 Å². The van der Waals surface area contributed by atoms with Gasteiger partial charge in [-0.2, -0.15) is 0 Å². The van der Waals surface area contributed by atoms with Crippen molar-refractivity contribution in [3.8, 4) is 0 Å². The molecule has 21 heavy (non-hydrogen) atoms. The van der Waals surface area contributed by atoms with Crippen molar-refractivity contribution in [2.45, 2.75) is 6.54 Å². The zero-order valence-corrected chi connectivity index (χ0v) is 11.3. The Kier molecular flexibility index (Phi) is 3.22. The van der Waals surface area contributed by atoms with E-state index in [0.29, 0.717) is 5.56 Å². The Hall–Kier alpha value is -2.27. The normalized spacial score (nSPS) is 13.8. The van der Waals surface area contributed by atoms with Crippen molar-refractivity contribution in [1.82, 2.24) is 0 Å². The molecule has 0 unspecified atom stereocenters. The number of hydrogen-bond donors (Lipinski definition) is 0. The lowest BCUT2D eigenvalue weighted by atomic mass is 10.1. The van der Waals surface area contributed by atoms with Crippen LogP contribution in [0, 0.1) is 11.6 Å². The Bertz CT molecular complexity index is 776. The summed E-state index contributed by atoms with van der Waals surface area (Å²) in [6, 6.07) is 7.21. The maximum absolute atomic E-state index is 13.3. The molecule has 0 N–H and O–H groups in total. The van der Waals surface area contributed by atoms with Crippen LogP contribution >= 0.6 is 11.6 Å². The zero-order chi connectivity index (χ0) is 15.1. The van der Waals surface area contributed by atoms with E-state index >= 15 is 0 Å². The molecule has 3 nitrogen and oxygen atoms in total. The summed E-state index contributed by atoms with van der Waals surface area (Å²) in [5.74, 6) is -2.56. The van der Waals surface area contributed by atoms with Gasteiger partial charge in [0, 0.05) is 5.02 Å². The fraction of sp³-hybridized carbons (Fsp3) is 0.0667. The van der Waals surface area contributed by atoms with Crippen LogP contribution < -0.4 is 4.90 Å². The number of amides is 1. The lowest BCUT2D eigenvalue weighted by Gasteiger charge is -2.17. The van der Waals surface area contributed by atoms with E-state index in [1.54, 1.807) is 0 Å². The van der Waals surface area contributed by atoms with E-state index in [0.717, 1.165) is 17.0 Å². The highest BCUT2D eigenvalue weighted by atomic mass is 35.5.